The van der Waals surface area contributed by atoms with Gasteiger partial charge in [0, 0.05) is 10.1 Å². The highest BCUT2D eigenvalue weighted by atomic mass is 32.2. The molecule has 1 aliphatic rings. The lowest BCUT2D eigenvalue weighted by Gasteiger charge is -2.11. The Morgan fingerprint density at radius 1 is 1.22 bits per heavy atom. The van der Waals surface area contributed by atoms with Crippen LogP contribution in [-0.4, -0.2) is 36.1 Å². The second-order valence-corrected chi connectivity index (χ2v) is 11.1. The topological polar surface area (TPSA) is 76.1 Å². The van der Waals surface area contributed by atoms with E-state index in [1.54, 1.807) is 6.07 Å². The zero-order valence-corrected chi connectivity index (χ0v) is 17.1. The van der Waals surface area contributed by atoms with Gasteiger partial charge in [0.25, 0.3) is 5.91 Å². The van der Waals surface area contributed by atoms with Crippen LogP contribution in [0, 0.1) is 6.92 Å². The zero-order valence-electron chi connectivity index (χ0n) is 14.6. The highest BCUT2D eigenvalue weighted by Crippen LogP contribution is 2.34. The van der Waals surface area contributed by atoms with E-state index in [2.05, 4.69) is 10.3 Å². The second-order valence-electron chi connectivity index (χ2n) is 6.53. The molecule has 5 nitrogen and oxygen atoms in total. The van der Waals surface area contributed by atoms with Gasteiger partial charge in [0.05, 0.1) is 27.3 Å². The highest BCUT2D eigenvalue weighted by Gasteiger charge is 2.29. The first-order chi connectivity index (χ1) is 12.9. The molecule has 1 amide bonds. The number of nitrogens with one attached hydrogen (secondary N) is 1. The quantitative estimate of drug-likeness (QED) is 0.689. The Kier molecular flexibility index (Phi) is 4.96. The number of anilines is 1. The van der Waals surface area contributed by atoms with E-state index in [-0.39, 0.29) is 22.7 Å². The van der Waals surface area contributed by atoms with Crippen LogP contribution in [0.3, 0.4) is 0 Å². The number of fused-ring (bicyclic) bond motifs is 1. The number of benzene rings is 2. The third-order valence-electron chi connectivity index (χ3n) is 4.46. The molecule has 0 saturated carbocycles. The molecule has 8 heteroatoms. The average molecular weight is 419 g/mol. The van der Waals surface area contributed by atoms with Crippen LogP contribution in [0.1, 0.15) is 22.3 Å². The van der Waals surface area contributed by atoms with Gasteiger partial charge in [-0.1, -0.05) is 35.6 Å². The first kappa shape index (κ1) is 18.5. The van der Waals surface area contributed by atoms with Crippen LogP contribution >= 0.6 is 23.1 Å². The summed E-state index contributed by atoms with van der Waals surface area (Å²) < 4.78 is 24.4. The van der Waals surface area contributed by atoms with Crippen molar-refractivity contribution >= 4 is 54.2 Å². The maximum absolute atomic E-state index is 12.8. The molecular weight excluding hydrogens is 400 g/mol. The summed E-state index contributed by atoms with van der Waals surface area (Å²) in [5, 5.41) is 3.45. The number of thiazole rings is 1. The van der Waals surface area contributed by atoms with Crippen molar-refractivity contribution in [1.82, 2.24) is 4.98 Å². The number of para-hydroxylation sites is 1. The van der Waals surface area contributed by atoms with Crippen molar-refractivity contribution in [2.24, 2.45) is 0 Å². The van der Waals surface area contributed by atoms with Gasteiger partial charge in [0.2, 0.25) is 0 Å². The fourth-order valence-corrected chi connectivity index (χ4v) is 7.66. The van der Waals surface area contributed by atoms with Crippen molar-refractivity contribution < 1.29 is 13.2 Å². The van der Waals surface area contributed by atoms with E-state index in [0.29, 0.717) is 17.1 Å². The first-order valence-electron chi connectivity index (χ1n) is 8.55. The molecule has 0 radical (unpaired) electrons. The average Bonchev–Trinajstić information content (AvgIpc) is 3.18. The Morgan fingerprint density at radius 2 is 2.04 bits per heavy atom. The van der Waals surface area contributed by atoms with Gasteiger partial charge in [0.15, 0.2) is 15.0 Å². The number of hydrogen-bond acceptors (Lipinski definition) is 6. The summed E-state index contributed by atoms with van der Waals surface area (Å²) in [6, 6.07) is 13.3. The molecule has 1 saturated heterocycles. The third kappa shape index (κ3) is 4.02. The van der Waals surface area contributed by atoms with Crippen LogP contribution in [0.4, 0.5) is 5.13 Å². The Bertz CT molecular complexity index is 1120. The lowest BCUT2D eigenvalue weighted by atomic mass is 10.2. The van der Waals surface area contributed by atoms with Crippen molar-refractivity contribution in [2.45, 2.75) is 23.5 Å². The predicted molar refractivity (Wildman–Crippen MR) is 112 cm³/mol. The molecule has 0 aliphatic carbocycles. The fourth-order valence-electron chi connectivity index (χ4n) is 3.09. The predicted octanol–water partition coefficient (Wildman–Crippen LogP) is 4.14. The van der Waals surface area contributed by atoms with Crippen molar-refractivity contribution in [1.29, 1.82) is 0 Å². The molecular formula is C19H18N2O3S3. The van der Waals surface area contributed by atoms with E-state index in [1.807, 2.05) is 43.3 Å². The number of rotatable bonds is 4. The molecule has 0 unspecified atom stereocenters. The van der Waals surface area contributed by atoms with Crippen LogP contribution in [0.25, 0.3) is 10.2 Å². The molecule has 1 N–H and O–H groups in total. The molecule has 0 spiro atoms. The van der Waals surface area contributed by atoms with Gasteiger partial charge in [-0.3, -0.25) is 10.1 Å². The number of nitrogens with zero attached hydrogens (tertiary/aromatic N) is 1. The van der Waals surface area contributed by atoms with Crippen molar-refractivity contribution in [3.63, 3.8) is 0 Å². The van der Waals surface area contributed by atoms with Gasteiger partial charge in [-0.2, -0.15) is 0 Å². The molecule has 1 atom stereocenters. The summed E-state index contributed by atoms with van der Waals surface area (Å²) in [6.07, 6.45) is 0.625. The maximum Gasteiger partial charge on any atom is 0.258 e. The smallest absolute Gasteiger partial charge is 0.258 e. The summed E-state index contributed by atoms with van der Waals surface area (Å²) in [4.78, 5) is 18.2. The molecule has 27 heavy (non-hydrogen) atoms. The number of hydrogen-bond donors (Lipinski definition) is 1. The number of amides is 1. The summed E-state index contributed by atoms with van der Waals surface area (Å²) in [5.74, 6) is 0.171. The molecule has 1 aromatic heterocycles. The van der Waals surface area contributed by atoms with Crippen LogP contribution in [0.2, 0.25) is 0 Å². The van der Waals surface area contributed by atoms with Crippen molar-refractivity contribution in [2.75, 3.05) is 16.8 Å². The second kappa shape index (κ2) is 7.26. The fraction of sp³-hybridized carbons (Fsp3) is 0.263. The molecule has 2 heterocycles. The van der Waals surface area contributed by atoms with E-state index in [4.69, 9.17) is 0 Å². The van der Waals surface area contributed by atoms with Gasteiger partial charge in [-0.05, 0) is 37.1 Å². The minimum atomic E-state index is -2.95. The molecule has 0 bridgehead atoms. The third-order valence-corrected chi connectivity index (χ3v) is 8.72. The summed E-state index contributed by atoms with van der Waals surface area (Å²) in [5.41, 5.74) is 2.52. The SMILES string of the molecule is Cc1cccc2sc(NC(=O)c3ccccc3S[C@H]3CCS(=O)(=O)C3)nc12. The van der Waals surface area contributed by atoms with E-state index in [9.17, 15) is 13.2 Å². The Hall–Kier alpha value is -1.90. The Balaban J connectivity index is 1.55. The van der Waals surface area contributed by atoms with Crippen molar-refractivity contribution in [3.05, 3.63) is 53.6 Å². The number of carbonyl (C=O) groups excluding carboxylic acids is 1. The highest BCUT2D eigenvalue weighted by molar-refractivity contribution is 8.02. The van der Waals surface area contributed by atoms with Crippen molar-refractivity contribution in [3.8, 4) is 0 Å². The zero-order chi connectivity index (χ0) is 19.0. The maximum atomic E-state index is 12.8. The summed E-state index contributed by atoms with van der Waals surface area (Å²) in [6.45, 7) is 2.00. The minimum Gasteiger partial charge on any atom is -0.298 e. The van der Waals surface area contributed by atoms with Gasteiger partial charge >= 0.3 is 0 Å². The van der Waals surface area contributed by atoms with Gasteiger partial charge in [-0.25, -0.2) is 13.4 Å². The van der Waals surface area contributed by atoms with Crippen LogP contribution in [0.5, 0.6) is 0 Å². The molecule has 3 aromatic rings. The normalized spacial score (nSPS) is 18.6. The lowest BCUT2D eigenvalue weighted by molar-refractivity contribution is 0.102. The monoisotopic (exact) mass is 418 g/mol. The standard InChI is InChI=1S/C19H18N2O3S3/c1-12-5-4-8-16-17(12)20-19(26-16)21-18(22)14-6-2-3-7-15(14)25-13-9-10-27(23,24)11-13/h2-8,13H,9-11H2,1H3,(H,20,21,22)/t13-/m0/s1. The van der Waals surface area contributed by atoms with Gasteiger partial charge in [-0.15, -0.1) is 11.8 Å². The van der Waals surface area contributed by atoms with E-state index < -0.39 is 9.84 Å². The summed E-state index contributed by atoms with van der Waals surface area (Å²) >= 11 is 2.91. The van der Waals surface area contributed by atoms with Gasteiger partial charge < -0.3 is 0 Å². The van der Waals surface area contributed by atoms with E-state index in [0.717, 1.165) is 20.7 Å². The summed E-state index contributed by atoms with van der Waals surface area (Å²) in [7, 11) is -2.95. The van der Waals surface area contributed by atoms with E-state index in [1.165, 1.54) is 23.1 Å². The number of aryl methyl sites for hydroxylation is 1. The number of carbonyl (C=O) groups is 1. The molecule has 140 valence electrons. The van der Waals surface area contributed by atoms with Crippen LogP contribution in [-0.2, 0) is 9.84 Å². The molecule has 1 aliphatic heterocycles. The minimum absolute atomic E-state index is 0.00551. The van der Waals surface area contributed by atoms with Crippen LogP contribution < -0.4 is 5.32 Å². The largest absolute Gasteiger partial charge is 0.298 e. The van der Waals surface area contributed by atoms with E-state index >= 15 is 0 Å². The Labute approximate surface area is 166 Å². The Morgan fingerprint density at radius 3 is 2.78 bits per heavy atom. The lowest BCUT2D eigenvalue weighted by Crippen LogP contribution is -2.14. The molecule has 2 aromatic carbocycles. The number of sulfone groups is 1. The van der Waals surface area contributed by atoms with Gasteiger partial charge in [0.1, 0.15) is 0 Å². The first-order valence-corrected chi connectivity index (χ1v) is 12.1. The number of thioether (sulfide) groups is 1. The molecule has 1 fully saturated rings. The van der Waals surface area contributed by atoms with Crippen LogP contribution in [0.15, 0.2) is 47.4 Å². The molecule has 4 rings (SSSR count). The number of aromatic nitrogens is 1.